The molecule has 0 aliphatic carbocycles. The van der Waals surface area contributed by atoms with Crippen LogP contribution < -0.4 is 5.32 Å². The molecule has 0 saturated carbocycles. The number of urea groups is 1. The zero-order chi connectivity index (χ0) is 15.5. The summed E-state index contributed by atoms with van der Waals surface area (Å²) in [6.45, 7) is 1.96. The molecule has 0 spiro atoms. The minimum Gasteiger partial charge on any atom is -0.371 e. The number of rotatable bonds is 2. The Hall–Kier alpha value is -1.34. The molecule has 2 saturated heterocycles. The van der Waals surface area contributed by atoms with Gasteiger partial charge in [0.15, 0.2) is 11.6 Å². The van der Waals surface area contributed by atoms with E-state index >= 15 is 0 Å². The first-order chi connectivity index (χ1) is 10.6. The molecule has 4 nitrogen and oxygen atoms in total. The molecule has 1 aromatic carbocycles. The van der Waals surface area contributed by atoms with Crippen LogP contribution in [0.3, 0.4) is 0 Å². The predicted octanol–water partition coefficient (Wildman–Crippen LogP) is 2.55. The van der Waals surface area contributed by atoms with Gasteiger partial charge in [0.25, 0.3) is 0 Å². The number of hydrogen-bond acceptors (Lipinski definition) is 3. The van der Waals surface area contributed by atoms with Crippen LogP contribution in [0.4, 0.5) is 13.6 Å². The van der Waals surface area contributed by atoms with Crippen molar-refractivity contribution in [3.05, 3.63) is 35.4 Å². The maximum Gasteiger partial charge on any atom is 0.317 e. The summed E-state index contributed by atoms with van der Waals surface area (Å²) in [6, 6.07) is 3.41. The lowest BCUT2D eigenvalue weighted by Gasteiger charge is -2.29. The lowest BCUT2D eigenvalue weighted by atomic mass is 10.0. The SMILES string of the molecule is O=C(N[C@@H]1CCO[C@@H]1c1ccc(F)c(F)c1)N1CCSCC1. The number of amides is 2. The Kier molecular flexibility index (Phi) is 4.83. The first kappa shape index (κ1) is 15.6. The standard InChI is InChI=1S/C15H18F2N2O2S/c16-11-2-1-10(9-12(11)17)14-13(3-6-21-14)18-15(20)19-4-7-22-8-5-19/h1-2,9,13-14H,3-8H2,(H,18,20)/t13-,14-/m1/s1. The molecule has 2 fully saturated rings. The largest absolute Gasteiger partial charge is 0.371 e. The fourth-order valence-electron chi connectivity index (χ4n) is 2.77. The van der Waals surface area contributed by atoms with Crippen molar-refractivity contribution in [2.45, 2.75) is 18.6 Å². The van der Waals surface area contributed by atoms with Gasteiger partial charge in [0.2, 0.25) is 0 Å². The van der Waals surface area contributed by atoms with Gasteiger partial charge in [-0.2, -0.15) is 11.8 Å². The average molecular weight is 328 g/mol. The molecule has 0 aromatic heterocycles. The predicted molar refractivity (Wildman–Crippen MR) is 80.9 cm³/mol. The smallest absolute Gasteiger partial charge is 0.317 e. The summed E-state index contributed by atoms with van der Waals surface area (Å²) in [5.74, 6) is 0.113. The van der Waals surface area contributed by atoms with Gasteiger partial charge in [-0.3, -0.25) is 0 Å². The monoisotopic (exact) mass is 328 g/mol. The number of ether oxygens (including phenoxy) is 1. The Morgan fingerprint density at radius 2 is 2.05 bits per heavy atom. The molecule has 0 bridgehead atoms. The summed E-state index contributed by atoms with van der Waals surface area (Å²) in [4.78, 5) is 14.1. The molecule has 2 aliphatic rings. The lowest BCUT2D eigenvalue weighted by Crippen LogP contribution is -2.48. The second kappa shape index (κ2) is 6.83. The number of carbonyl (C=O) groups excluding carboxylic acids is 1. The second-order valence-corrected chi connectivity index (χ2v) is 6.63. The van der Waals surface area contributed by atoms with Crippen LogP contribution in [0.2, 0.25) is 0 Å². The number of hydrogen-bond donors (Lipinski definition) is 1. The molecule has 7 heteroatoms. The number of halogens is 2. The van der Waals surface area contributed by atoms with Crippen molar-refractivity contribution in [2.75, 3.05) is 31.2 Å². The number of nitrogens with zero attached hydrogens (tertiary/aromatic N) is 1. The van der Waals surface area contributed by atoms with E-state index in [0.717, 1.165) is 36.7 Å². The van der Waals surface area contributed by atoms with Crippen LogP contribution in [0.15, 0.2) is 18.2 Å². The molecule has 2 heterocycles. The molecule has 2 aliphatic heterocycles. The van der Waals surface area contributed by atoms with E-state index in [2.05, 4.69) is 5.32 Å². The fraction of sp³-hybridized carbons (Fsp3) is 0.533. The molecule has 2 amide bonds. The van der Waals surface area contributed by atoms with Crippen molar-refractivity contribution < 1.29 is 18.3 Å². The van der Waals surface area contributed by atoms with Gasteiger partial charge >= 0.3 is 6.03 Å². The van der Waals surface area contributed by atoms with E-state index in [-0.39, 0.29) is 12.1 Å². The third-order valence-corrected chi connectivity index (χ3v) is 4.91. The molecule has 2 atom stereocenters. The van der Waals surface area contributed by atoms with Crippen LogP contribution in [0.5, 0.6) is 0 Å². The third-order valence-electron chi connectivity index (χ3n) is 3.97. The Labute approximate surface area is 132 Å². The number of thioether (sulfide) groups is 1. The summed E-state index contributed by atoms with van der Waals surface area (Å²) in [5, 5.41) is 2.97. The molecule has 0 unspecified atom stereocenters. The van der Waals surface area contributed by atoms with Gasteiger partial charge in [-0.1, -0.05) is 6.07 Å². The van der Waals surface area contributed by atoms with Crippen LogP contribution in [-0.4, -0.2) is 48.2 Å². The first-order valence-corrected chi connectivity index (χ1v) is 8.50. The van der Waals surface area contributed by atoms with Crippen molar-refractivity contribution in [3.8, 4) is 0 Å². The van der Waals surface area contributed by atoms with E-state index in [1.807, 2.05) is 11.8 Å². The van der Waals surface area contributed by atoms with Gasteiger partial charge < -0.3 is 15.0 Å². The van der Waals surface area contributed by atoms with E-state index < -0.39 is 17.7 Å². The highest BCUT2D eigenvalue weighted by Crippen LogP contribution is 2.30. The Bertz CT molecular complexity index is 552. The Morgan fingerprint density at radius 1 is 1.27 bits per heavy atom. The zero-order valence-electron chi connectivity index (χ0n) is 12.1. The molecule has 120 valence electrons. The van der Waals surface area contributed by atoms with Gasteiger partial charge in [0.1, 0.15) is 6.10 Å². The minimum absolute atomic E-state index is 0.108. The summed E-state index contributed by atoms with van der Waals surface area (Å²) in [6.07, 6.45) is 0.232. The Balaban J connectivity index is 1.67. The van der Waals surface area contributed by atoms with Crippen molar-refractivity contribution >= 4 is 17.8 Å². The van der Waals surface area contributed by atoms with Crippen LogP contribution in [0.1, 0.15) is 18.1 Å². The van der Waals surface area contributed by atoms with Gasteiger partial charge in [-0.25, -0.2) is 13.6 Å². The summed E-state index contributed by atoms with van der Waals surface area (Å²) in [5.41, 5.74) is 0.552. The van der Waals surface area contributed by atoms with Crippen LogP contribution in [-0.2, 0) is 4.74 Å². The maximum absolute atomic E-state index is 13.4. The molecule has 22 heavy (non-hydrogen) atoms. The molecule has 1 N–H and O–H groups in total. The van der Waals surface area contributed by atoms with Crippen molar-refractivity contribution in [3.63, 3.8) is 0 Å². The van der Waals surface area contributed by atoms with E-state index in [4.69, 9.17) is 4.74 Å². The highest BCUT2D eigenvalue weighted by atomic mass is 32.2. The summed E-state index contributed by atoms with van der Waals surface area (Å²) in [7, 11) is 0. The lowest BCUT2D eigenvalue weighted by molar-refractivity contribution is 0.0979. The van der Waals surface area contributed by atoms with Crippen molar-refractivity contribution in [1.82, 2.24) is 10.2 Å². The van der Waals surface area contributed by atoms with Crippen molar-refractivity contribution in [1.29, 1.82) is 0 Å². The van der Waals surface area contributed by atoms with E-state index in [1.165, 1.54) is 6.07 Å². The minimum atomic E-state index is -0.897. The third kappa shape index (κ3) is 3.35. The number of carbonyl (C=O) groups is 1. The normalized spacial score (nSPS) is 25.3. The molecular weight excluding hydrogens is 310 g/mol. The highest BCUT2D eigenvalue weighted by molar-refractivity contribution is 7.99. The van der Waals surface area contributed by atoms with E-state index in [1.54, 1.807) is 4.90 Å². The molecule has 1 aromatic rings. The summed E-state index contributed by atoms with van der Waals surface area (Å²) < 4.78 is 32.0. The topological polar surface area (TPSA) is 41.6 Å². The molecular formula is C15H18F2N2O2S. The second-order valence-electron chi connectivity index (χ2n) is 5.41. The van der Waals surface area contributed by atoms with Gasteiger partial charge in [-0.05, 0) is 24.1 Å². The van der Waals surface area contributed by atoms with Crippen molar-refractivity contribution in [2.24, 2.45) is 0 Å². The fourth-order valence-corrected chi connectivity index (χ4v) is 3.67. The van der Waals surface area contributed by atoms with Crippen LogP contribution >= 0.6 is 11.8 Å². The average Bonchev–Trinajstić information content (AvgIpc) is 2.99. The van der Waals surface area contributed by atoms with E-state index in [0.29, 0.717) is 18.6 Å². The highest BCUT2D eigenvalue weighted by Gasteiger charge is 2.32. The Morgan fingerprint density at radius 3 is 2.77 bits per heavy atom. The maximum atomic E-state index is 13.4. The first-order valence-electron chi connectivity index (χ1n) is 7.35. The quantitative estimate of drug-likeness (QED) is 0.907. The van der Waals surface area contributed by atoms with E-state index in [9.17, 15) is 13.6 Å². The van der Waals surface area contributed by atoms with Gasteiger partial charge in [-0.15, -0.1) is 0 Å². The molecule has 0 radical (unpaired) electrons. The number of nitrogens with one attached hydrogen (secondary N) is 1. The number of benzene rings is 1. The zero-order valence-corrected chi connectivity index (χ0v) is 12.9. The van der Waals surface area contributed by atoms with Crippen LogP contribution in [0, 0.1) is 11.6 Å². The molecule has 3 rings (SSSR count). The van der Waals surface area contributed by atoms with Gasteiger partial charge in [0.05, 0.1) is 6.04 Å². The summed E-state index contributed by atoms with van der Waals surface area (Å²) >= 11 is 1.84. The van der Waals surface area contributed by atoms with Crippen LogP contribution in [0.25, 0.3) is 0 Å². The van der Waals surface area contributed by atoms with Gasteiger partial charge in [0, 0.05) is 31.2 Å².